The highest BCUT2D eigenvalue weighted by molar-refractivity contribution is 6.03. The lowest BCUT2D eigenvalue weighted by Gasteiger charge is -2.24. The van der Waals surface area contributed by atoms with Crippen LogP contribution in [0.3, 0.4) is 0 Å². The summed E-state index contributed by atoms with van der Waals surface area (Å²) in [6, 6.07) is 3.73. The maximum absolute atomic E-state index is 12.9. The van der Waals surface area contributed by atoms with Crippen LogP contribution in [0.4, 0.5) is 0 Å². The van der Waals surface area contributed by atoms with E-state index in [4.69, 9.17) is 18.9 Å². The van der Waals surface area contributed by atoms with Gasteiger partial charge in [-0.1, -0.05) is 0 Å². The molecule has 1 atom stereocenters. The summed E-state index contributed by atoms with van der Waals surface area (Å²) in [7, 11) is 4.67. The monoisotopic (exact) mass is 387 g/mol. The minimum atomic E-state index is -0.438. The Kier molecular flexibility index (Phi) is 5.63. The van der Waals surface area contributed by atoms with Crippen molar-refractivity contribution in [1.82, 2.24) is 4.98 Å². The van der Waals surface area contributed by atoms with Gasteiger partial charge in [-0.15, -0.1) is 0 Å². The molecule has 0 radical (unpaired) electrons. The van der Waals surface area contributed by atoms with Crippen molar-refractivity contribution in [3.63, 3.8) is 0 Å². The Morgan fingerprint density at radius 3 is 2.29 bits per heavy atom. The van der Waals surface area contributed by atoms with Crippen LogP contribution in [0.1, 0.15) is 56.9 Å². The molecular weight excluding hydrogens is 362 g/mol. The first-order valence-electron chi connectivity index (χ1n) is 9.16. The van der Waals surface area contributed by atoms with E-state index in [0.717, 1.165) is 11.3 Å². The molecule has 0 amide bonds. The van der Waals surface area contributed by atoms with Gasteiger partial charge in [-0.2, -0.15) is 0 Å². The van der Waals surface area contributed by atoms with Crippen molar-refractivity contribution in [3.05, 3.63) is 40.2 Å². The van der Waals surface area contributed by atoms with E-state index in [1.54, 1.807) is 35.2 Å². The quantitative estimate of drug-likeness (QED) is 0.764. The summed E-state index contributed by atoms with van der Waals surface area (Å²) in [5.74, 6) is 1.10. The molecule has 1 aliphatic rings. The predicted molar refractivity (Wildman–Crippen MR) is 103 cm³/mol. The van der Waals surface area contributed by atoms with Crippen molar-refractivity contribution in [2.75, 3.05) is 27.9 Å². The van der Waals surface area contributed by atoms with Gasteiger partial charge in [0, 0.05) is 17.7 Å². The molecule has 1 aromatic carbocycles. The van der Waals surface area contributed by atoms with Gasteiger partial charge in [0.15, 0.2) is 17.3 Å². The Bertz CT molecular complexity index is 889. The molecule has 0 unspecified atom stereocenters. The number of carbonyl (C=O) groups excluding carboxylic acids is 2. The van der Waals surface area contributed by atoms with Crippen molar-refractivity contribution in [2.24, 2.45) is 0 Å². The molecule has 28 heavy (non-hydrogen) atoms. The molecule has 0 fully saturated rings. The highest BCUT2D eigenvalue weighted by Crippen LogP contribution is 2.43. The van der Waals surface area contributed by atoms with Crippen LogP contribution in [0, 0.1) is 6.92 Å². The van der Waals surface area contributed by atoms with E-state index in [1.807, 2.05) is 12.1 Å². The Labute approximate surface area is 163 Å². The van der Waals surface area contributed by atoms with Gasteiger partial charge in [-0.25, -0.2) is 4.79 Å². The van der Waals surface area contributed by atoms with Crippen LogP contribution in [0.5, 0.6) is 17.2 Å². The molecule has 1 heterocycles. The van der Waals surface area contributed by atoms with Crippen molar-refractivity contribution in [2.45, 2.75) is 32.6 Å². The van der Waals surface area contributed by atoms with Crippen LogP contribution < -0.4 is 14.2 Å². The number of H-pyrrole nitrogens is 1. The third-order valence-corrected chi connectivity index (χ3v) is 5.13. The molecular formula is C21H25NO6. The number of aromatic nitrogens is 1. The van der Waals surface area contributed by atoms with E-state index in [1.165, 1.54) is 0 Å². The minimum absolute atomic E-state index is 0.00398. The van der Waals surface area contributed by atoms with Crippen molar-refractivity contribution in [3.8, 4) is 17.2 Å². The van der Waals surface area contributed by atoms with E-state index < -0.39 is 5.97 Å². The summed E-state index contributed by atoms with van der Waals surface area (Å²) in [6.07, 6.45) is 0.937. The smallest absolute Gasteiger partial charge is 0.355 e. The number of hydrogen-bond acceptors (Lipinski definition) is 6. The molecule has 0 saturated carbocycles. The van der Waals surface area contributed by atoms with Gasteiger partial charge in [-0.05, 0) is 49.4 Å². The standard InChI is InChI=1S/C21H25NO6/c1-6-28-21(24)19-11(2)18-14(22-19)7-12(8-15(18)23)13-9-16(25-3)20(27-5)17(10-13)26-4/h9-10,12,22H,6-8H2,1-5H3/t12-/m0/s1. The molecule has 1 N–H and O–H groups in total. The van der Waals surface area contributed by atoms with E-state index in [0.29, 0.717) is 46.9 Å². The molecule has 0 aliphatic heterocycles. The topological polar surface area (TPSA) is 86.9 Å². The maximum atomic E-state index is 12.9. The third kappa shape index (κ3) is 3.32. The summed E-state index contributed by atoms with van der Waals surface area (Å²) in [5.41, 5.74) is 3.29. The number of aromatic amines is 1. The molecule has 7 heteroatoms. The first kappa shape index (κ1) is 19.8. The largest absolute Gasteiger partial charge is 0.493 e. The number of ether oxygens (including phenoxy) is 4. The molecule has 0 bridgehead atoms. The Morgan fingerprint density at radius 2 is 1.75 bits per heavy atom. The van der Waals surface area contributed by atoms with Gasteiger partial charge < -0.3 is 23.9 Å². The van der Waals surface area contributed by atoms with Gasteiger partial charge in [0.05, 0.1) is 27.9 Å². The van der Waals surface area contributed by atoms with Crippen LogP contribution in [0.25, 0.3) is 0 Å². The Hall–Kier alpha value is -2.96. The number of esters is 1. The first-order valence-corrected chi connectivity index (χ1v) is 9.16. The summed E-state index contributed by atoms with van der Waals surface area (Å²) in [6.45, 7) is 3.81. The zero-order valence-corrected chi connectivity index (χ0v) is 16.8. The molecule has 150 valence electrons. The van der Waals surface area contributed by atoms with Crippen LogP contribution in [0.2, 0.25) is 0 Å². The van der Waals surface area contributed by atoms with E-state index in [9.17, 15) is 9.59 Å². The van der Waals surface area contributed by atoms with Crippen LogP contribution in [-0.2, 0) is 11.2 Å². The molecule has 0 saturated heterocycles. The fourth-order valence-corrected chi connectivity index (χ4v) is 3.81. The van der Waals surface area contributed by atoms with E-state index in [-0.39, 0.29) is 18.3 Å². The second-order valence-electron chi connectivity index (χ2n) is 6.69. The second kappa shape index (κ2) is 7.96. The normalized spacial score (nSPS) is 15.8. The minimum Gasteiger partial charge on any atom is -0.493 e. The zero-order chi connectivity index (χ0) is 20.4. The lowest BCUT2D eigenvalue weighted by Crippen LogP contribution is -2.19. The number of nitrogens with one attached hydrogen (secondary N) is 1. The number of benzene rings is 1. The van der Waals surface area contributed by atoms with E-state index in [2.05, 4.69) is 4.98 Å². The molecule has 3 rings (SSSR count). The maximum Gasteiger partial charge on any atom is 0.355 e. The van der Waals surface area contributed by atoms with Crippen LogP contribution in [0.15, 0.2) is 12.1 Å². The second-order valence-corrected chi connectivity index (χ2v) is 6.69. The van der Waals surface area contributed by atoms with Gasteiger partial charge in [-0.3, -0.25) is 4.79 Å². The number of carbonyl (C=O) groups is 2. The average Bonchev–Trinajstić information content (AvgIpc) is 3.03. The van der Waals surface area contributed by atoms with Crippen LogP contribution >= 0.6 is 0 Å². The number of Topliss-reactive ketones (excluding diaryl/α,β-unsaturated/α-hetero) is 1. The number of methoxy groups -OCH3 is 3. The van der Waals surface area contributed by atoms with Gasteiger partial charge in [0.2, 0.25) is 5.75 Å². The first-order chi connectivity index (χ1) is 13.4. The Balaban J connectivity index is 1.99. The Morgan fingerprint density at radius 1 is 1.11 bits per heavy atom. The molecule has 1 aliphatic carbocycles. The van der Waals surface area contributed by atoms with Crippen molar-refractivity contribution < 1.29 is 28.5 Å². The fraction of sp³-hybridized carbons (Fsp3) is 0.429. The van der Waals surface area contributed by atoms with Gasteiger partial charge in [0.25, 0.3) is 0 Å². The zero-order valence-electron chi connectivity index (χ0n) is 16.8. The van der Waals surface area contributed by atoms with Crippen molar-refractivity contribution >= 4 is 11.8 Å². The molecule has 2 aromatic rings. The molecule has 0 spiro atoms. The number of fused-ring (bicyclic) bond motifs is 1. The summed E-state index contributed by atoms with van der Waals surface area (Å²) < 4.78 is 21.3. The number of rotatable bonds is 6. The summed E-state index contributed by atoms with van der Waals surface area (Å²) in [5, 5.41) is 0. The lowest BCUT2D eigenvalue weighted by molar-refractivity contribution is 0.0519. The van der Waals surface area contributed by atoms with Gasteiger partial charge in [0.1, 0.15) is 5.69 Å². The molecule has 1 aromatic heterocycles. The predicted octanol–water partition coefficient (Wildman–Crippen LogP) is 3.44. The highest BCUT2D eigenvalue weighted by atomic mass is 16.5. The van der Waals surface area contributed by atoms with Crippen LogP contribution in [-0.4, -0.2) is 44.7 Å². The highest BCUT2D eigenvalue weighted by Gasteiger charge is 2.33. The number of ketones is 1. The van der Waals surface area contributed by atoms with E-state index >= 15 is 0 Å². The fourth-order valence-electron chi connectivity index (χ4n) is 3.81. The average molecular weight is 387 g/mol. The van der Waals surface area contributed by atoms with Gasteiger partial charge >= 0.3 is 5.97 Å². The van der Waals surface area contributed by atoms with Crippen molar-refractivity contribution in [1.29, 1.82) is 0 Å². The SMILES string of the molecule is CCOC(=O)c1[nH]c2c(c1C)C(=O)C[C@@H](c1cc(OC)c(OC)c(OC)c1)C2. The summed E-state index contributed by atoms with van der Waals surface area (Å²) in [4.78, 5) is 28.1. The third-order valence-electron chi connectivity index (χ3n) is 5.13. The lowest BCUT2D eigenvalue weighted by atomic mass is 9.81. The number of hydrogen-bond donors (Lipinski definition) is 1. The molecule has 7 nitrogen and oxygen atoms in total. The summed E-state index contributed by atoms with van der Waals surface area (Å²) >= 11 is 0.